The topological polar surface area (TPSA) is 21.3 Å². The first-order valence-corrected chi connectivity index (χ1v) is 7.13. The van der Waals surface area contributed by atoms with Crippen molar-refractivity contribution in [3.05, 3.63) is 29.3 Å². The lowest BCUT2D eigenvalue weighted by atomic mass is 9.82. The Morgan fingerprint density at radius 3 is 2.89 bits per heavy atom. The van der Waals surface area contributed by atoms with E-state index in [1.165, 1.54) is 30.5 Å². The third-order valence-electron chi connectivity index (χ3n) is 4.24. The minimum Gasteiger partial charge on any atom is -0.496 e. The van der Waals surface area contributed by atoms with Gasteiger partial charge in [0, 0.05) is 0 Å². The monoisotopic (exact) mass is 247 g/mol. The first kappa shape index (κ1) is 13.4. The fourth-order valence-electron chi connectivity index (χ4n) is 2.92. The molecule has 1 aliphatic heterocycles. The normalized spacial score (nSPS) is 21.6. The van der Waals surface area contributed by atoms with Gasteiger partial charge in [-0.15, -0.1) is 0 Å². The van der Waals surface area contributed by atoms with Gasteiger partial charge < -0.3 is 10.1 Å². The molecule has 2 nitrogen and oxygen atoms in total. The van der Waals surface area contributed by atoms with Gasteiger partial charge in [0.15, 0.2) is 0 Å². The summed E-state index contributed by atoms with van der Waals surface area (Å²) in [5.41, 5.74) is 2.78. The summed E-state index contributed by atoms with van der Waals surface area (Å²) in [6, 6.07) is 6.63. The van der Waals surface area contributed by atoms with Crippen LogP contribution in [0.25, 0.3) is 0 Å². The van der Waals surface area contributed by atoms with Gasteiger partial charge in [0.2, 0.25) is 0 Å². The second-order valence-corrected chi connectivity index (χ2v) is 5.32. The third-order valence-corrected chi connectivity index (χ3v) is 4.24. The van der Waals surface area contributed by atoms with Gasteiger partial charge in [-0.05, 0) is 61.4 Å². The van der Waals surface area contributed by atoms with Crippen LogP contribution in [-0.2, 0) is 6.42 Å². The average Bonchev–Trinajstić information content (AvgIpc) is 2.46. The van der Waals surface area contributed by atoms with Gasteiger partial charge >= 0.3 is 0 Å². The van der Waals surface area contributed by atoms with Crippen LogP contribution in [0.2, 0.25) is 0 Å². The van der Waals surface area contributed by atoms with Gasteiger partial charge in [-0.25, -0.2) is 0 Å². The predicted octanol–water partition coefficient (Wildman–Crippen LogP) is 3.36. The average molecular weight is 247 g/mol. The molecule has 1 aliphatic rings. The van der Waals surface area contributed by atoms with Crippen molar-refractivity contribution >= 4 is 0 Å². The molecule has 0 aliphatic carbocycles. The number of benzene rings is 1. The van der Waals surface area contributed by atoms with Crippen molar-refractivity contribution in [1.29, 1.82) is 0 Å². The van der Waals surface area contributed by atoms with Crippen molar-refractivity contribution in [3.63, 3.8) is 0 Å². The van der Waals surface area contributed by atoms with E-state index in [1.54, 1.807) is 7.11 Å². The van der Waals surface area contributed by atoms with Gasteiger partial charge in [0.1, 0.15) is 5.75 Å². The van der Waals surface area contributed by atoms with Crippen molar-refractivity contribution in [2.24, 2.45) is 5.92 Å². The van der Waals surface area contributed by atoms with E-state index in [2.05, 4.69) is 37.4 Å². The molecule has 0 amide bonds. The summed E-state index contributed by atoms with van der Waals surface area (Å²) >= 11 is 0. The number of methoxy groups -OCH3 is 1. The Bertz CT molecular complexity index is 383. The highest BCUT2D eigenvalue weighted by atomic mass is 16.5. The second-order valence-electron chi connectivity index (χ2n) is 5.32. The molecule has 1 aromatic carbocycles. The predicted molar refractivity (Wildman–Crippen MR) is 76.4 cm³/mol. The van der Waals surface area contributed by atoms with E-state index in [0.29, 0.717) is 5.92 Å². The van der Waals surface area contributed by atoms with E-state index in [4.69, 9.17) is 4.74 Å². The van der Waals surface area contributed by atoms with Crippen LogP contribution in [-0.4, -0.2) is 20.2 Å². The van der Waals surface area contributed by atoms with E-state index in [0.717, 1.165) is 24.6 Å². The molecule has 0 aromatic heterocycles. The van der Waals surface area contributed by atoms with Crippen LogP contribution < -0.4 is 10.1 Å². The summed E-state index contributed by atoms with van der Waals surface area (Å²) in [6.45, 7) is 6.86. The summed E-state index contributed by atoms with van der Waals surface area (Å²) in [5.74, 6) is 2.35. The summed E-state index contributed by atoms with van der Waals surface area (Å²) in [6.07, 6.45) is 3.71. The maximum absolute atomic E-state index is 5.54. The van der Waals surface area contributed by atoms with E-state index in [1.807, 2.05) is 0 Å². The fraction of sp³-hybridized carbons (Fsp3) is 0.625. The fourth-order valence-corrected chi connectivity index (χ4v) is 2.92. The van der Waals surface area contributed by atoms with Crippen LogP contribution in [0, 0.1) is 5.92 Å². The zero-order valence-corrected chi connectivity index (χ0v) is 11.8. The van der Waals surface area contributed by atoms with Crippen LogP contribution in [0.5, 0.6) is 5.75 Å². The summed E-state index contributed by atoms with van der Waals surface area (Å²) in [5, 5.41) is 3.51. The molecule has 2 unspecified atom stereocenters. The van der Waals surface area contributed by atoms with Gasteiger partial charge in [0.05, 0.1) is 7.11 Å². The number of nitrogens with one attached hydrogen (secondary N) is 1. The molecule has 1 fully saturated rings. The lowest BCUT2D eigenvalue weighted by Crippen LogP contribution is -2.32. The quantitative estimate of drug-likeness (QED) is 0.881. The number of aryl methyl sites for hydroxylation is 1. The third kappa shape index (κ3) is 2.86. The molecule has 1 saturated heterocycles. The molecule has 0 radical (unpaired) electrons. The molecular formula is C16H25NO. The molecule has 0 spiro atoms. The molecule has 0 saturated carbocycles. The Balaban J connectivity index is 2.23. The lowest BCUT2D eigenvalue weighted by molar-refractivity contribution is 0.325. The first-order valence-electron chi connectivity index (χ1n) is 7.13. The summed E-state index contributed by atoms with van der Waals surface area (Å²) in [7, 11) is 1.77. The minimum atomic E-state index is 0.569. The largest absolute Gasteiger partial charge is 0.496 e. The van der Waals surface area contributed by atoms with Gasteiger partial charge in [-0.3, -0.25) is 0 Å². The maximum atomic E-state index is 5.54. The van der Waals surface area contributed by atoms with Gasteiger partial charge in [-0.2, -0.15) is 0 Å². The zero-order valence-electron chi connectivity index (χ0n) is 11.8. The Hall–Kier alpha value is -1.02. The molecule has 1 aromatic rings. The summed E-state index contributed by atoms with van der Waals surface area (Å²) < 4.78 is 5.54. The highest BCUT2D eigenvalue weighted by molar-refractivity contribution is 5.40. The van der Waals surface area contributed by atoms with Crippen molar-refractivity contribution in [1.82, 2.24) is 5.32 Å². The number of hydrogen-bond acceptors (Lipinski definition) is 2. The van der Waals surface area contributed by atoms with E-state index < -0.39 is 0 Å². The standard InChI is InChI=1S/C16H25NO/c1-4-13-7-8-16(18-3)15(10-13)12(2)14-6-5-9-17-11-14/h7-8,10,12,14,17H,4-6,9,11H2,1-3H3. The second kappa shape index (κ2) is 6.24. The van der Waals surface area contributed by atoms with E-state index >= 15 is 0 Å². The van der Waals surface area contributed by atoms with Gasteiger partial charge in [0.25, 0.3) is 0 Å². The number of rotatable bonds is 4. The van der Waals surface area contributed by atoms with Crippen molar-refractivity contribution < 1.29 is 4.74 Å². The Morgan fingerprint density at radius 2 is 2.28 bits per heavy atom. The molecule has 2 atom stereocenters. The Morgan fingerprint density at radius 1 is 1.44 bits per heavy atom. The molecule has 100 valence electrons. The maximum Gasteiger partial charge on any atom is 0.122 e. The molecule has 1 heterocycles. The van der Waals surface area contributed by atoms with Crippen LogP contribution in [0.1, 0.15) is 43.7 Å². The molecule has 0 bridgehead atoms. The minimum absolute atomic E-state index is 0.569. The molecule has 18 heavy (non-hydrogen) atoms. The van der Waals surface area contributed by atoms with Crippen LogP contribution in [0.15, 0.2) is 18.2 Å². The molecular weight excluding hydrogens is 222 g/mol. The SMILES string of the molecule is CCc1ccc(OC)c(C(C)C2CCCNC2)c1. The molecule has 1 N–H and O–H groups in total. The molecule has 2 heteroatoms. The highest BCUT2D eigenvalue weighted by Gasteiger charge is 2.23. The van der Waals surface area contributed by atoms with E-state index in [9.17, 15) is 0 Å². The highest BCUT2D eigenvalue weighted by Crippen LogP contribution is 2.35. The number of piperidine rings is 1. The first-order chi connectivity index (χ1) is 8.76. The lowest BCUT2D eigenvalue weighted by Gasteiger charge is -2.29. The van der Waals surface area contributed by atoms with Gasteiger partial charge in [-0.1, -0.05) is 26.0 Å². The van der Waals surface area contributed by atoms with Crippen molar-refractivity contribution in [3.8, 4) is 5.75 Å². The zero-order chi connectivity index (χ0) is 13.0. The smallest absolute Gasteiger partial charge is 0.122 e. The van der Waals surface area contributed by atoms with Crippen LogP contribution in [0.3, 0.4) is 0 Å². The van der Waals surface area contributed by atoms with Crippen LogP contribution >= 0.6 is 0 Å². The van der Waals surface area contributed by atoms with E-state index in [-0.39, 0.29) is 0 Å². The van der Waals surface area contributed by atoms with Crippen LogP contribution in [0.4, 0.5) is 0 Å². The molecule has 2 rings (SSSR count). The Kier molecular flexibility index (Phi) is 4.65. The van der Waals surface area contributed by atoms with Crippen molar-refractivity contribution in [2.45, 2.75) is 39.0 Å². The number of hydrogen-bond donors (Lipinski definition) is 1. The Labute approximate surface area is 111 Å². The summed E-state index contributed by atoms with van der Waals surface area (Å²) in [4.78, 5) is 0. The number of ether oxygens (including phenoxy) is 1. The van der Waals surface area contributed by atoms with Crippen molar-refractivity contribution in [2.75, 3.05) is 20.2 Å².